The van der Waals surface area contributed by atoms with Crippen LogP contribution in [-0.2, 0) is 0 Å². The van der Waals surface area contributed by atoms with E-state index in [0.717, 1.165) is 16.8 Å². The fourth-order valence-electron chi connectivity index (χ4n) is 3.04. The van der Waals surface area contributed by atoms with Crippen LogP contribution in [0.5, 0.6) is 11.5 Å². The molecule has 2 heterocycles. The van der Waals surface area contributed by atoms with E-state index in [0.29, 0.717) is 26.8 Å². The van der Waals surface area contributed by atoms with Gasteiger partial charge in [0.15, 0.2) is 17.3 Å². The maximum atomic E-state index is 13.0. The van der Waals surface area contributed by atoms with Gasteiger partial charge in [0.2, 0.25) is 4.96 Å². The summed E-state index contributed by atoms with van der Waals surface area (Å²) in [5.74, 6) is 1.65. The third-order valence-electron chi connectivity index (χ3n) is 4.60. The largest absolute Gasteiger partial charge is 0.493 e. The van der Waals surface area contributed by atoms with Gasteiger partial charge in [0, 0.05) is 25.3 Å². The van der Waals surface area contributed by atoms with Crippen molar-refractivity contribution in [1.29, 1.82) is 0 Å². The van der Waals surface area contributed by atoms with Crippen LogP contribution in [0, 0.1) is 0 Å². The molecule has 0 aliphatic rings. The average Bonchev–Trinajstić information content (AvgIpc) is 3.28. The Hall–Kier alpha value is -3.39. The van der Waals surface area contributed by atoms with Crippen LogP contribution >= 0.6 is 11.3 Å². The van der Waals surface area contributed by atoms with E-state index in [-0.39, 0.29) is 5.56 Å². The van der Waals surface area contributed by atoms with Gasteiger partial charge in [0.1, 0.15) is 0 Å². The van der Waals surface area contributed by atoms with Gasteiger partial charge in [-0.05, 0) is 42.0 Å². The molecule has 0 fully saturated rings. The molecule has 0 unspecified atom stereocenters. The lowest BCUT2D eigenvalue weighted by Gasteiger charge is -2.11. The van der Waals surface area contributed by atoms with E-state index in [1.54, 1.807) is 26.4 Å². The average molecular weight is 408 g/mol. The van der Waals surface area contributed by atoms with Gasteiger partial charge in [-0.25, -0.2) is 4.40 Å². The Bertz CT molecular complexity index is 1280. The fraction of sp³-hybridized carbons (Fsp3) is 0.190. The molecule has 4 aromatic rings. The van der Waals surface area contributed by atoms with Crippen LogP contribution in [0.1, 0.15) is 5.56 Å². The smallest absolute Gasteiger partial charge is 0.276 e. The van der Waals surface area contributed by atoms with E-state index < -0.39 is 0 Å². The third kappa shape index (κ3) is 3.42. The molecule has 0 spiro atoms. The highest BCUT2D eigenvalue weighted by atomic mass is 32.1. The minimum atomic E-state index is -0.142. The lowest BCUT2D eigenvalue weighted by Crippen LogP contribution is -2.23. The Morgan fingerprint density at radius 1 is 1.00 bits per heavy atom. The summed E-state index contributed by atoms with van der Waals surface area (Å²) >= 11 is 1.32. The molecule has 2 aromatic heterocycles. The summed E-state index contributed by atoms with van der Waals surface area (Å²) < 4.78 is 12.8. The van der Waals surface area contributed by atoms with E-state index in [9.17, 15) is 4.79 Å². The van der Waals surface area contributed by atoms with Crippen LogP contribution in [0.3, 0.4) is 0 Å². The van der Waals surface area contributed by atoms with E-state index in [1.165, 1.54) is 15.7 Å². The SMILES string of the molecule is COc1ccc(-c2nnc3s/c(=C\c4ccc(N(C)C)cc4)c(=O)n23)cc1OC. The molecule has 0 N–H and O–H groups in total. The van der Waals surface area contributed by atoms with Crippen molar-refractivity contribution in [3.8, 4) is 22.9 Å². The quantitative estimate of drug-likeness (QED) is 0.505. The second-order valence-electron chi connectivity index (χ2n) is 6.61. The first-order chi connectivity index (χ1) is 14.0. The Balaban J connectivity index is 1.80. The van der Waals surface area contributed by atoms with E-state index >= 15 is 0 Å². The van der Waals surface area contributed by atoms with Crippen molar-refractivity contribution in [2.75, 3.05) is 33.2 Å². The lowest BCUT2D eigenvalue weighted by atomic mass is 10.2. The number of hydrogen-bond acceptors (Lipinski definition) is 7. The van der Waals surface area contributed by atoms with Gasteiger partial charge in [-0.1, -0.05) is 23.5 Å². The first kappa shape index (κ1) is 18.9. The van der Waals surface area contributed by atoms with E-state index in [1.807, 2.05) is 55.4 Å². The van der Waals surface area contributed by atoms with Gasteiger partial charge in [0.25, 0.3) is 5.56 Å². The molecule has 0 bridgehead atoms. The lowest BCUT2D eigenvalue weighted by molar-refractivity contribution is 0.355. The Labute approximate surface area is 171 Å². The normalized spacial score (nSPS) is 11.8. The second-order valence-corrected chi connectivity index (χ2v) is 7.62. The molecule has 0 amide bonds. The van der Waals surface area contributed by atoms with Crippen LogP contribution < -0.4 is 24.5 Å². The Kier molecular flexibility index (Phi) is 4.94. The summed E-state index contributed by atoms with van der Waals surface area (Å²) in [6.07, 6.45) is 1.87. The monoisotopic (exact) mass is 408 g/mol. The second kappa shape index (κ2) is 7.56. The standard InChI is InChI=1S/C21H20N4O3S/c1-24(2)15-8-5-13(6-9-15)11-18-20(26)25-19(22-23-21(25)29-18)14-7-10-16(27-3)17(12-14)28-4/h5-12H,1-4H3/b18-11-. The molecule has 2 aromatic carbocycles. The number of aromatic nitrogens is 3. The number of nitrogens with zero attached hydrogens (tertiary/aromatic N) is 4. The third-order valence-corrected chi connectivity index (χ3v) is 5.56. The van der Waals surface area contributed by atoms with Crippen molar-refractivity contribution >= 4 is 28.1 Å². The molecule has 0 saturated carbocycles. The summed E-state index contributed by atoms with van der Waals surface area (Å²) in [4.78, 5) is 15.6. The molecule has 0 radical (unpaired) electrons. The molecule has 0 saturated heterocycles. The molecule has 8 heteroatoms. The van der Waals surface area contributed by atoms with Crippen molar-refractivity contribution in [2.24, 2.45) is 0 Å². The summed E-state index contributed by atoms with van der Waals surface area (Å²) in [7, 11) is 7.13. The minimum Gasteiger partial charge on any atom is -0.493 e. The highest BCUT2D eigenvalue weighted by molar-refractivity contribution is 7.15. The predicted molar refractivity (Wildman–Crippen MR) is 115 cm³/mol. The van der Waals surface area contributed by atoms with Crippen molar-refractivity contribution in [3.05, 3.63) is 62.9 Å². The first-order valence-electron chi connectivity index (χ1n) is 8.91. The molecule has 0 atom stereocenters. The number of ether oxygens (including phenoxy) is 2. The molecule has 7 nitrogen and oxygen atoms in total. The minimum absolute atomic E-state index is 0.142. The topological polar surface area (TPSA) is 69.0 Å². The molecule has 29 heavy (non-hydrogen) atoms. The maximum Gasteiger partial charge on any atom is 0.276 e. The first-order valence-corrected chi connectivity index (χ1v) is 9.73. The Morgan fingerprint density at radius 2 is 1.72 bits per heavy atom. The van der Waals surface area contributed by atoms with Gasteiger partial charge in [-0.2, -0.15) is 0 Å². The van der Waals surface area contributed by atoms with Gasteiger partial charge < -0.3 is 14.4 Å². The fourth-order valence-corrected chi connectivity index (χ4v) is 3.96. The van der Waals surface area contributed by atoms with Crippen molar-refractivity contribution in [3.63, 3.8) is 0 Å². The Morgan fingerprint density at radius 3 is 2.38 bits per heavy atom. The van der Waals surface area contributed by atoms with Crippen LogP contribution in [0.15, 0.2) is 47.3 Å². The van der Waals surface area contributed by atoms with Crippen LogP contribution in [0.25, 0.3) is 22.4 Å². The zero-order valence-corrected chi connectivity index (χ0v) is 17.4. The van der Waals surface area contributed by atoms with Crippen LogP contribution in [0.4, 0.5) is 5.69 Å². The van der Waals surface area contributed by atoms with Gasteiger partial charge in [-0.3, -0.25) is 4.79 Å². The molecule has 148 valence electrons. The van der Waals surface area contributed by atoms with Gasteiger partial charge in [-0.15, -0.1) is 10.2 Å². The van der Waals surface area contributed by atoms with Crippen molar-refractivity contribution in [1.82, 2.24) is 14.6 Å². The van der Waals surface area contributed by atoms with Crippen LogP contribution in [-0.4, -0.2) is 42.9 Å². The molecular weight excluding hydrogens is 388 g/mol. The summed E-state index contributed by atoms with van der Waals surface area (Å²) in [6.45, 7) is 0. The van der Waals surface area contributed by atoms with Gasteiger partial charge in [0.05, 0.1) is 18.8 Å². The van der Waals surface area contributed by atoms with Gasteiger partial charge >= 0.3 is 0 Å². The number of anilines is 1. The van der Waals surface area contributed by atoms with Crippen LogP contribution in [0.2, 0.25) is 0 Å². The molecule has 0 aliphatic heterocycles. The number of fused-ring (bicyclic) bond motifs is 1. The van der Waals surface area contributed by atoms with Crippen molar-refractivity contribution in [2.45, 2.75) is 0 Å². The van der Waals surface area contributed by atoms with Crippen molar-refractivity contribution < 1.29 is 9.47 Å². The number of hydrogen-bond donors (Lipinski definition) is 0. The predicted octanol–water partition coefficient (Wildman–Crippen LogP) is 2.45. The maximum absolute atomic E-state index is 13.0. The summed E-state index contributed by atoms with van der Waals surface area (Å²) in [6, 6.07) is 13.4. The van der Waals surface area contributed by atoms with E-state index in [4.69, 9.17) is 9.47 Å². The summed E-state index contributed by atoms with van der Waals surface area (Å²) in [5, 5.41) is 8.39. The van der Waals surface area contributed by atoms with E-state index in [2.05, 4.69) is 10.2 Å². The molecule has 0 aliphatic carbocycles. The summed E-state index contributed by atoms with van der Waals surface area (Å²) in [5.41, 5.74) is 2.65. The zero-order valence-electron chi connectivity index (χ0n) is 16.5. The highest BCUT2D eigenvalue weighted by Crippen LogP contribution is 2.31. The number of rotatable bonds is 5. The zero-order chi connectivity index (χ0) is 20.5. The molecule has 4 rings (SSSR count). The highest BCUT2D eigenvalue weighted by Gasteiger charge is 2.16. The molecular formula is C21H20N4O3S. The number of thiazole rings is 1. The number of methoxy groups -OCH3 is 2. The number of benzene rings is 2.